The first-order valence-corrected chi connectivity index (χ1v) is 6.34. The second-order valence-electron chi connectivity index (χ2n) is 4.21. The molecule has 0 unspecified atom stereocenters. The van der Waals surface area contributed by atoms with Crippen LogP contribution in [0.5, 0.6) is 0 Å². The molecule has 102 valence electrons. The van der Waals surface area contributed by atoms with Crippen molar-refractivity contribution < 1.29 is 9.21 Å². The Labute approximate surface area is 117 Å². The second-order valence-corrected chi connectivity index (χ2v) is 4.21. The summed E-state index contributed by atoms with van der Waals surface area (Å²) in [5, 5.41) is 14.6. The van der Waals surface area contributed by atoms with Gasteiger partial charge in [0.15, 0.2) is 0 Å². The van der Waals surface area contributed by atoms with Gasteiger partial charge in [0.1, 0.15) is 11.8 Å². The van der Waals surface area contributed by atoms with Gasteiger partial charge in [-0.2, -0.15) is 5.26 Å². The molecule has 0 bridgehead atoms. The lowest BCUT2D eigenvalue weighted by Crippen LogP contribution is -2.09. The van der Waals surface area contributed by atoms with E-state index in [2.05, 4.69) is 10.6 Å². The Balaban J connectivity index is 1.97. The second kappa shape index (κ2) is 6.43. The summed E-state index contributed by atoms with van der Waals surface area (Å²) in [5.74, 6) is 0.960. The molecule has 0 atom stereocenters. The fourth-order valence-corrected chi connectivity index (χ4v) is 1.68. The zero-order chi connectivity index (χ0) is 14.4. The van der Waals surface area contributed by atoms with Gasteiger partial charge in [-0.25, -0.2) is 0 Å². The van der Waals surface area contributed by atoms with Crippen molar-refractivity contribution in [2.75, 3.05) is 10.6 Å². The summed E-state index contributed by atoms with van der Waals surface area (Å²) < 4.78 is 5.27. The monoisotopic (exact) mass is 269 g/mol. The summed E-state index contributed by atoms with van der Waals surface area (Å²) in [6.07, 6.45) is 0.445. The third-order valence-corrected chi connectivity index (χ3v) is 2.71. The number of nitrogens with one attached hydrogen (secondary N) is 2. The molecule has 1 heterocycles. The number of amides is 1. The molecule has 1 aromatic heterocycles. The number of rotatable bonds is 5. The van der Waals surface area contributed by atoms with Gasteiger partial charge in [-0.15, -0.1) is 0 Å². The molecule has 1 aromatic carbocycles. The first kappa shape index (κ1) is 13.7. The number of anilines is 2. The number of carbonyl (C=O) groups excluding carboxylic acids is 1. The Hall–Kier alpha value is -2.74. The van der Waals surface area contributed by atoms with Gasteiger partial charge in [-0.1, -0.05) is 13.0 Å². The van der Waals surface area contributed by atoms with Crippen LogP contribution >= 0.6 is 0 Å². The van der Waals surface area contributed by atoms with Gasteiger partial charge in [0.25, 0.3) is 0 Å². The number of hydrogen-bond donors (Lipinski definition) is 2. The molecule has 0 saturated carbocycles. The highest BCUT2D eigenvalue weighted by Crippen LogP contribution is 2.17. The maximum Gasteiger partial charge on any atom is 0.224 e. The fraction of sp³-hybridized carbons (Fsp3) is 0.200. The van der Waals surface area contributed by atoms with Crippen molar-refractivity contribution in [2.45, 2.75) is 19.9 Å². The lowest BCUT2D eigenvalue weighted by atomic mass is 10.2. The third kappa shape index (κ3) is 3.62. The number of nitriles is 1. The van der Waals surface area contributed by atoms with E-state index >= 15 is 0 Å². The van der Waals surface area contributed by atoms with Crippen LogP contribution in [0.1, 0.15) is 24.9 Å². The number of benzene rings is 1. The van der Waals surface area contributed by atoms with E-state index in [0.29, 0.717) is 24.5 Å². The molecule has 1 amide bonds. The van der Waals surface area contributed by atoms with Crippen LogP contribution in [-0.4, -0.2) is 5.91 Å². The summed E-state index contributed by atoms with van der Waals surface area (Å²) >= 11 is 0. The first-order chi connectivity index (χ1) is 9.71. The Kier molecular flexibility index (Phi) is 4.40. The van der Waals surface area contributed by atoms with Gasteiger partial charge in [-0.3, -0.25) is 4.79 Å². The molecule has 2 aromatic rings. The number of furan rings is 1. The van der Waals surface area contributed by atoms with E-state index < -0.39 is 0 Å². The van der Waals surface area contributed by atoms with Crippen LogP contribution in [0.15, 0.2) is 40.8 Å². The molecule has 0 radical (unpaired) electrons. The van der Waals surface area contributed by atoms with Gasteiger partial charge in [0.05, 0.1) is 6.54 Å². The molecular weight excluding hydrogens is 254 g/mol. The van der Waals surface area contributed by atoms with Gasteiger partial charge in [-0.05, 0) is 30.3 Å². The topological polar surface area (TPSA) is 78.1 Å². The van der Waals surface area contributed by atoms with Crippen molar-refractivity contribution in [2.24, 2.45) is 0 Å². The van der Waals surface area contributed by atoms with Gasteiger partial charge in [0, 0.05) is 17.8 Å². The largest absolute Gasteiger partial charge is 0.449 e. The van der Waals surface area contributed by atoms with E-state index in [-0.39, 0.29) is 5.91 Å². The molecule has 0 aliphatic rings. The standard InChI is InChI=1S/C15H15N3O2/c1-2-15(19)18-12-5-3-4-11(8-12)17-10-14-7-6-13(9-16)20-14/h3-8,17H,2,10H2,1H3,(H,18,19). The van der Waals surface area contributed by atoms with Crippen LogP contribution in [0.25, 0.3) is 0 Å². The average molecular weight is 269 g/mol. The van der Waals surface area contributed by atoms with E-state index in [4.69, 9.17) is 9.68 Å². The molecule has 2 rings (SSSR count). The smallest absolute Gasteiger partial charge is 0.224 e. The van der Waals surface area contributed by atoms with E-state index in [0.717, 1.165) is 11.4 Å². The summed E-state index contributed by atoms with van der Waals surface area (Å²) in [7, 11) is 0. The van der Waals surface area contributed by atoms with Crippen LogP contribution in [0.4, 0.5) is 11.4 Å². The molecule has 0 fully saturated rings. The van der Waals surface area contributed by atoms with E-state index in [1.165, 1.54) is 0 Å². The minimum atomic E-state index is -0.0214. The Bertz CT molecular complexity index is 641. The summed E-state index contributed by atoms with van der Waals surface area (Å²) in [4.78, 5) is 11.3. The predicted octanol–water partition coefficient (Wildman–Crippen LogP) is 3.11. The molecule has 0 spiro atoms. The van der Waals surface area contributed by atoms with Crippen molar-refractivity contribution in [1.82, 2.24) is 0 Å². The lowest BCUT2D eigenvalue weighted by Gasteiger charge is -2.08. The maximum absolute atomic E-state index is 11.3. The van der Waals surface area contributed by atoms with E-state index in [9.17, 15) is 4.79 Å². The van der Waals surface area contributed by atoms with Crippen molar-refractivity contribution in [3.63, 3.8) is 0 Å². The minimum Gasteiger partial charge on any atom is -0.449 e. The van der Waals surface area contributed by atoms with E-state index in [1.807, 2.05) is 30.3 Å². The highest BCUT2D eigenvalue weighted by Gasteiger charge is 2.02. The molecule has 0 saturated heterocycles. The number of carbonyl (C=O) groups is 1. The van der Waals surface area contributed by atoms with E-state index in [1.54, 1.807) is 19.1 Å². The number of hydrogen-bond acceptors (Lipinski definition) is 4. The molecule has 0 aliphatic carbocycles. The van der Waals surface area contributed by atoms with Crippen LogP contribution in [0.2, 0.25) is 0 Å². The molecule has 5 heteroatoms. The molecule has 2 N–H and O–H groups in total. The Morgan fingerprint density at radius 1 is 1.30 bits per heavy atom. The van der Waals surface area contributed by atoms with Crippen molar-refractivity contribution in [1.29, 1.82) is 5.26 Å². The average Bonchev–Trinajstić information content (AvgIpc) is 2.93. The van der Waals surface area contributed by atoms with Gasteiger partial charge >= 0.3 is 0 Å². The SMILES string of the molecule is CCC(=O)Nc1cccc(NCc2ccc(C#N)o2)c1. The van der Waals surface area contributed by atoms with Crippen molar-refractivity contribution in [3.05, 3.63) is 47.9 Å². The zero-order valence-corrected chi connectivity index (χ0v) is 11.1. The van der Waals surface area contributed by atoms with Crippen LogP contribution < -0.4 is 10.6 Å². The highest BCUT2D eigenvalue weighted by atomic mass is 16.3. The number of nitrogens with zero attached hydrogens (tertiary/aromatic N) is 1. The summed E-state index contributed by atoms with van der Waals surface area (Å²) in [6.45, 7) is 2.29. The molecule has 5 nitrogen and oxygen atoms in total. The predicted molar refractivity (Wildman–Crippen MR) is 76.1 cm³/mol. The van der Waals surface area contributed by atoms with Crippen LogP contribution in [0.3, 0.4) is 0 Å². The quantitative estimate of drug-likeness (QED) is 0.874. The molecular formula is C15H15N3O2. The zero-order valence-electron chi connectivity index (χ0n) is 11.1. The Morgan fingerprint density at radius 3 is 2.80 bits per heavy atom. The van der Waals surface area contributed by atoms with Crippen molar-refractivity contribution in [3.8, 4) is 6.07 Å². The minimum absolute atomic E-state index is 0.0214. The maximum atomic E-state index is 11.3. The normalized spacial score (nSPS) is 9.80. The molecule has 20 heavy (non-hydrogen) atoms. The lowest BCUT2D eigenvalue weighted by molar-refractivity contribution is -0.115. The van der Waals surface area contributed by atoms with Crippen molar-refractivity contribution >= 4 is 17.3 Å². The van der Waals surface area contributed by atoms with Crippen LogP contribution in [-0.2, 0) is 11.3 Å². The van der Waals surface area contributed by atoms with Gasteiger partial charge < -0.3 is 15.1 Å². The van der Waals surface area contributed by atoms with Crippen LogP contribution in [0, 0.1) is 11.3 Å². The Morgan fingerprint density at radius 2 is 2.10 bits per heavy atom. The van der Waals surface area contributed by atoms with Gasteiger partial charge in [0.2, 0.25) is 11.7 Å². The summed E-state index contributed by atoms with van der Waals surface area (Å²) in [6, 6.07) is 12.8. The molecule has 0 aliphatic heterocycles. The fourth-order valence-electron chi connectivity index (χ4n) is 1.68. The first-order valence-electron chi connectivity index (χ1n) is 6.34. The highest BCUT2D eigenvalue weighted by molar-refractivity contribution is 5.90. The summed E-state index contributed by atoms with van der Waals surface area (Å²) in [5.41, 5.74) is 1.62. The third-order valence-electron chi connectivity index (χ3n) is 2.71.